The van der Waals surface area contributed by atoms with Crippen molar-refractivity contribution < 1.29 is 18.0 Å². The Balaban J connectivity index is 0.000000149. The Morgan fingerprint density at radius 1 is 0.368 bits per heavy atom. The van der Waals surface area contributed by atoms with Crippen molar-refractivity contribution in [2.45, 2.75) is 143 Å². The zero-order valence-corrected chi connectivity index (χ0v) is 72.0. The Morgan fingerprint density at radius 2 is 0.737 bits per heavy atom. The first-order valence-electron chi connectivity index (χ1n) is 38.6. The Kier molecular flexibility index (Phi) is 26.2. The van der Waals surface area contributed by atoms with E-state index in [2.05, 4.69) is 107 Å². The molecule has 0 aliphatic carbocycles. The fraction of sp³-hybridized carbons (Fsp3) is 0.323. The molecule has 9 aromatic carbocycles. The molecule has 4 aliphatic rings. The standard InChI is InChI=1S/C31H32Cl3FN2O.C31H30Cl3FN2O.C31H28Cl3FN2O/c3*1-31(2,3)36-13-11-19(12-14-36)15-20-16-24(22-8-7-21(35)18-27(22)34)23-9-10-29(38)37(28(23)17-20)30-25(32)5-4-6-26(30)33/h4-8,16-19H,9-15H2,1-3H3;4-10,16-19H,11-15H2,1-3H3;4-10,15-18H,11-14H2,1-3H3. The minimum atomic E-state index is -0.410. The van der Waals surface area contributed by atoms with Crippen molar-refractivity contribution in [1.29, 1.82) is 0 Å². The third-order valence-electron chi connectivity index (χ3n) is 22.5. The average molecular weight is 1720 g/mol. The van der Waals surface area contributed by atoms with E-state index in [1.807, 2.05) is 12.1 Å². The lowest BCUT2D eigenvalue weighted by Crippen LogP contribution is -2.46. The van der Waals surface area contributed by atoms with E-state index < -0.39 is 11.6 Å². The number of rotatable bonds is 11. The van der Waals surface area contributed by atoms with E-state index in [-0.39, 0.29) is 39.5 Å². The maximum atomic E-state index is 14.0. The second-order valence-electron chi connectivity index (χ2n) is 33.1. The van der Waals surface area contributed by atoms with Gasteiger partial charge in [-0.1, -0.05) is 146 Å². The summed E-state index contributed by atoms with van der Waals surface area (Å²) in [6, 6.07) is 48.0. The number of aromatic nitrogens is 2. The van der Waals surface area contributed by atoms with Crippen LogP contribution in [0.1, 0.15) is 130 Å². The predicted molar refractivity (Wildman–Crippen MR) is 473 cm³/mol. The van der Waals surface area contributed by atoms with Crippen LogP contribution in [0.4, 0.5) is 24.5 Å². The largest absolute Gasteiger partial charge is 0.298 e. The molecule has 0 saturated carbocycles. The molecule has 0 radical (unpaired) electrons. The zero-order chi connectivity index (χ0) is 81.6. The number of carbonyl (C=O) groups excluding carboxylic acids is 1. The fourth-order valence-corrected chi connectivity index (χ4v) is 19.0. The maximum absolute atomic E-state index is 14.0. The van der Waals surface area contributed by atoms with E-state index in [0.717, 1.165) is 152 Å². The fourth-order valence-electron chi connectivity index (χ4n) is 16.5. The lowest BCUT2D eigenvalue weighted by Gasteiger charge is -2.41. The zero-order valence-electron chi connectivity index (χ0n) is 65.2. The van der Waals surface area contributed by atoms with Crippen LogP contribution in [0.5, 0.6) is 0 Å². The van der Waals surface area contributed by atoms with Gasteiger partial charge in [0.25, 0.3) is 11.1 Å². The number of amides is 1. The number of anilines is 2. The lowest BCUT2D eigenvalue weighted by molar-refractivity contribution is -0.118. The van der Waals surface area contributed by atoms with Crippen molar-refractivity contribution in [1.82, 2.24) is 23.8 Å². The number of nitrogens with zero attached hydrogens (tertiary/aromatic N) is 6. The predicted octanol–water partition coefficient (Wildman–Crippen LogP) is 27.0. The van der Waals surface area contributed by atoms with Gasteiger partial charge in [-0.05, 0) is 324 Å². The molecule has 9 nitrogen and oxygen atoms in total. The number of fused-ring (bicyclic) bond motifs is 3. The number of halogens is 12. The number of hydrogen-bond acceptors (Lipinski definition) is 6. The number of pyridine rings is 2. The molecule has 114 heavy (non-hydrogen) atoms. The minimum absolute atomic E-state index is 0.0562. The third-order valence-corrected chi connectivity index (χ3v) is 25.3. The van der Waals surface area contributed by atoms with E-state index in [0.29, 0.717) is 109 Å². The van der Waals surface area contributed by atoms with Crippen molar-refractivity contribution in [2.24, 2.45) is 11.8 Å². The molecule has 0 atom stereocenters. The monoisotopic (exact) mass is 1710 g/mol. The first-order chi connectivity index (χ1) is 54.1. The van der Waals surface area contributed by atoms with Crippen molar-refractivity contribution in [3.05, 3.63) is 281 Å². The Morgan fingerprint density at radius 3 is 1.15 bits per heavy atom. The van der Waals surface area contributed by atoms with Crippen LogP contribution in [-0.2, 0) is 24.1 Å². The Bertz CT molecular complexity index is 5600. The van der Waals surface area contributed by atoms with Gasteiger partial charge in [-0.2, -0.15) is 0 Å². The molecule has 594 valence electrons. The van der Waals surface area contributed by atoms with Gasteiger partial charge in [0, 0.05) is 75.7 Å². The van der Waals surface area contributed by atoms with E-state index in [1.54, 1.807) is 99.0 Å². The van der Waals surface area contributed by atoms with Gasteiger partial charge in [0.15, 0.2) is 0 Å². The highest BCUT2D eigenvalue weighted by atomic mass is 35.5. The Hall–Kier alpha value is -7.11. The molecule has 6 heterocycles. The van der Waals surface area contributed by atoms with Gasteiger partial charge >= 0.3 is 0 Å². The highest BCUT2D eigenvalue weighted by molar-refractivity contribution is 6.41. The number of benzene rings is 9. The molecule has 11 aromatic rings. The van der Waals surface area contributed by atoms with Crippen molar-refractivity contribution in [3.8, 4) is 44.8 Å². The Labute approximate surface area is 710 Å². The van der Waals surface area contributed by atoms with Gasteiger partial charge in [0.05, 0.1) is 79.0 Å². The highest BCUT2D eigenvalue weighted by Crippen LogP contribution is 2.48. The lowest BCUT2D eigenvalue weighted by atomic mass is 9.84. The van der Waals surface area contributed by atoms with Crippen LogP contribution < -0.4 is 16.0 Å². The second-order valence-corrected chi connectivity index (χ2v) is 36.8. The normalized spacial score (nSPS) is 15.7. The number of piperidine rings is 3. The molecule has 0 N–H and O–H groups in total. The van der Waals surface area contributed by atoms with Gasteiger partial charge in [-0.3, -0.25) is 43.1 Å². The van der Waals surface area contributed by atoms with Gasteiger partial charge in [0.1, 0.15) is 17.5 Å². The molecule has 4 aliphatic heterocycles. The smallest absolute Gasteiger partial charge is 0.255 e. The number of para-hydroxylation sites is 3. The van der Waals surface area contributed by atoms with Gasteiger partial charge < -0.3 is 0 Å². The summed E-state index contributed by atoms with van der Waals surface area (Å²) in [5, 5.41) is 4.88. The topological polar surface area (TPSA) is 74.0 Å². The summed E-state index contributed by atoms with van der Waals surface area (Å²) < 4.78 is 45.0. The van der Waals surface area contributed by atoms with Crippen LogP contribution >= 0.6 is 104 Å². The molecule has 2 aromatic heterocycles. The van der Waals surface area contributed by atoms with E-state index >= 15 is 0 Å². The van der Waals surface area contributed by atoms with Crippen LogP contribution in [0.25, 0.3) is 72.6 Å². The van der Waals surface area contributed by atoms with Crippen molar-refractivity contribution in [2.75, 3.05) is 44.2 Å². The van der Waals surface area contributed by atoms with Gasteiger partial charge in [0.2, 0.25) is 5.91 Å². The van der Waals surface area contributed by atoms with Crippen LogP contribution in [0.15, 0.2) is 185 Å². The first kappa shape index (κ1) is 84.8. The van der Waals surface area contributed by atoms with Crippen molar-refractivity contribution >= 4 is 150 Å². The van der Waals surface area contributed by atoms with Crippen LogP contribution in [0.2, 0.25) is 45.2 Å². The quantitative estimate of drug-likeness (QED) is 0.128. The summed E-state index contributed by atoms with van der Waals surface area (Å²) in [6.07, 6.45) is 11.1. The van der Waals surface area contributed by atoms with Crippen LogP contribution in [-0.4, -0.2) is 85.6 Å². The summed E-state index contributed by atoms with van der Waals surface area (Å²) in [4.78, 5) is 49.2. The molecule has 1 amide bonds. The first-order valence-corrected chi connectivity index (χ1v) is 42.0. The van der Waals surface area contributed by atoms with Crippen LogP contribution in [0, 0.1) is 29.3 Å². The molecule has 0 spiro atoms. The van der Waals surface area contributed by atoms with Gasteiger partial charge in [-0.25, -0.2) is 13.2 Å². The summed E-state index contributed by atoms with van der Waals surface area (Å²) >= 11 is 59.1. The summed E-state index contributed by atoms with van der Waals surface area (Å²) in [6.45, 7) is 26.5. The summed E-state index contributed by atoms with van der Waals surface area (Å²) in [5.74, 6) is -0.209. The number of carbonyl (C=O) groups is 1. The molecular formula is C93H90Cl9F3N6O3. The SMILES string of the molecule is CC(C)(C)N1CCC(=Cc2cc(-c3ccc(F)cc3Cl)c3ccc(=O)n(-c4c(Cl)cccc4Cl)c3c2)CC1.CC(C)(C)N1CCC(Cc2cc(-c3ccc(F)cc3Cl)c3c(c2)N(c2c(Cl)cccc2Cl)C(=O)CC3)CC1.CC(C)(C)N1CCC(Cc2cc(-c3ccc(F)cc3Cl)c3ccc(=O)n(-c4c(Cl)cccc4Cl)c3c2)CC1. The molecule has 0 bridgehead atoms. The molecule has 3 saturated heterocycles. The average Bonchev–Trinajstić information content (AvgIpc) is 0.757. The number of hydrogen-bond donors (Lipinski definition) is 0. The maximum Gasteiger partial charge on any atom is 0.255 e. The van der Waals surface area contributed by atoms with Crippen molar-refractivity contribution in [3.63, 3.8) is 0 Å². The third kappa shape index (κ3) is 18.9. The van der Waals surface area contributed by atoms with E-state index in [9.17, 15) is 27.6 Å². The molecule has 0 unspecified atom stereocenters. The van der Waals surface area contributed by atoms with E-state index in [4.69, 9.17) is 104 Å². The minimum Gasteiger partial charge on any atom is -0.298 e. The summed E-state index contributed by atoms with van der Waals surface area (Å²) in [7, 11) is 0. The van der Waals surface area contributed by atoms with Gasteiger partial charge in [-0.15, -0.1) is 0 Å². The highest BCUT2D eigenvalue weighted by Gasteiger charge is 2.35. The molecule has 15 rings (SSSR count). The summed E-state index contributed by atoms with van der Waals surface area (Å²) in [5.41, 5.74) is 13.6. The van der Waals surface area contributed by atoms with E-state index in [1.165, 1.54) is 54.1 Å². The molecular weight excluding hydrogens is 1630 g/mol. The number of likely N-dealkylation sites (tertiary alicyclic amines) is 3. The molecule has 3 fully saturated rings. The van der Waals surface area contributed by atoms with Crippen LogP contribution in [0.3, 0.4) is 0 Å². The molecule has 21 heteroatoms. The second kappa shape index (κ2) is 35.2.